The minimum absolute atomic E-state index is 0.0934. The summed E-state index contributed by atoms with van der Waals surface area (Å²) in [7, 11) is 0. The van der Waals surface area contributed by atoms with E-state index in [2.05, 4.69) is 21.2 Å². The Balaban J connectivity index is 2.32. The number of benzene rings is 1. The molecule has 0 saturated carbocycles. The lowest BCUT2D eigenvalue weighted by Crippen LogP contribution is -2.43. The highest BCUT2D eigenvalue weighted by Gasteiger charge is 2.24. The number of halogens is 1. The van der Waals surface area contributed by atoms with Crippen molar-refractivity contribution in [3.63, 3.8) is 0 Å². The molecular formula is C12H16BrN3O. The van der Waals surface area contributed by atoms with Gasteiger partial charge >= 0.3 is 0 Å². The molecule has 0 saturated heterocycles. The van der Waals surface area contributed by atoms with Crippen LogP contribution < -0.4 is 16.0 Å². The normalized spacial score (nSPS) is 16.4. The van der Waals surface area contributed by atoms with Crippen molar-refractivity contribution in [3.8, 4) is 0 Å². The monoisotopic (exact) mass is 297 g/mol. The highest BCUT2D eigenvalue weighted by molar-refractivity contribution is 9.10. The number of amides is 1. The maximum Gasteiger partial charge on any atom is 0.246 e. The first kappa shape index (κ1) is 12.4. The van der Waals surface area contributed by atoms with Crippen LogP contribution in [-0.4, -0.2) is 25.5 Å². The molecule has 0 fully saturated rings. The van der Waals surface area contributed by atoms with Gasteiger partial charge in [-0.3, -0.25) is 4.79 Å². The zero-order valence-corrected chi connectivity index (χ0v) is 11.3. The molecule has 1 amide bonds. The smallest absolute Gasteiger partial charge is 0.246 e. The van der Waals surface area contributed by atoms with Crippen LogP contribution in [0.3, 0.4) is 0 Å². The van der Waals surface area contributed by atoms with Gasteiger partial charge in [-0.2, -0.15) is 0 Å². The summed E-state index contributed by atoms with van der Waals surface area (Å²) in [6.07, 6.45) is 0. The zero-order chi connectivity index (χ0) is 12.4. The molecule has 92 valence electrons. The van der Waals surface area contributed by atoms with E-state index in [0.29, 0.717) is 25.6 Å². The van der Waals surface area contributed by atoms with Crippen LogP contribution in [0.2, 0.25) is 0 Å². The van der Waals surface area contributed by atoms with Crippen molar-refractivity contribution in [3.05, 3.63) is 22.7 Å². The van der Waals surface area contributed by atoms with Gasteiger partial charge in [0.1, 0.15) is 0 Å². The Morgan fingerprint density at radius 1 is 1.59 bits per heavy atom. The summed E-state index contributed by atoms with van der Waals surface area (Å²) in [5, 5.41) is 3.12. The summed E-state index contributed by atoms with van der Waals surface area (Å²) in [5.41, 5.74) is 7.55. The average molecular weight is 298 g/mol. The molecule has 1 aromatic rings. The molecule has 0 spiro atoms. The van der Waals surface area contributed by atoms with E-state index in [9.17, 15) is 4.79 Å². The van der Waals surface area contributed by atoms with Crippen LogP contribution in [-0.2, 0) is 4.79 Å². The molecule has 5 heteroatoms. The van der Waals surface area contributed by atoms with Crippen molar-refractivity contribution in [2.75, 3.05) is 29.9 Å². The van der Waals surface area contributed by atoms with Crippen molar-refractivity contribution in [2.45, 2.75) is 6.92 Å². The molecule has 0 aliphatic carbocycles. The van der Waals surface area contributed by atoms with Gasteiger partial charge in [-0.15, -0.1) is 0 Å². The highest BCUT2D eigenvalue weighted by atomic mass is 79.9. The van der Waals surface area contributed by atoms with E-state index in [4.69, 9.17) is 5.73 Å². The number of rotatable bonds is 3. The van der Waals surface area contributed by atoms with Gasteiger partial charge in [0.15, 0.2) is 0 Å². The first-order valence-electron chi connectivity index (χ1n) is 5.65. The number of carbonyl (C=O) groups is 1. The van der Waals surface area contributed by atoms with Gasteiger partial charge in [0.2, 0.25) is 5.91 Å². The first-order chi connectivity index (χ1) is 8.11. The summed E-state index contributed by atoms with van der Waals surface area (Å²) in [6.45, 7) is 3.65. The lowest BCUT2D eigenvalue weighted by atomic mass is 10.1. The summed E-state index contributed by atoms with van der Waals surface area (Å²) in [5.74, 6) is 0.389. The molecule has 1 atom stereocenters. The third-order valence-corrected chi connectivity index (χ3v) is 3.37. The van der Waals surface area contributed by atoms with Crippen molar-refractivity contribution in [1.82, 2.24) is 0 Å². The average Bonchev–Trinajstić information content (AvgIpc) is 2.32. The Kier molecular flexibility index (Phi) is 3.69. The number of nitrogens with two attached hydrogens (primary N) is 1. The van der Waals surface area contributed by atoms with Crippen LogP contribution in [0.1, 0.15) is 6.92 Å². The number of hydrogen-bond acceptors (Lipinski definition) is 3. The van der Waals surface area contributed by atoms with E-state index in [-0.39, 0.29) is 5.91 Å². The standard InChI is InChI=1S/C12H16BrN3O/c1-8(5-14)7-16-11-4-9(13)2-3-10(11)15-6-12(16)17/h2-4,8,15H,5-7,14H2,1H3. The molecule has 17 heavy (non-hydrogen) atoms. The van der Waals surface area contributed by atoms with E-state index in [0.717, 1.165) is 15.8 Å². The number of nitrogens with one attached hydrogen (secondary N) is 1. The number of hydrogen-bond donors (Lipinski definition) is 2. The zero-order valence-electron chi connectivity index (χ0n) is 9.74. The van der Waals surface area contributed by atoms with Crippen molar-refractivity contribution >= 4 is 33.2 Å². The largest absolute Gasteiger partial charge is 0.374 e. The van der Waals surface area contributed by atoms with Crippen molar-refractivity contribution < 1.29 is 4.79 Å². The quantitative estimate of drug-likeness (QED) is 0.894. The summed E-state index contributed by atoms with van der Waals surface area (Å²) >= 11 is 3.43. The van der Waals surface area contributed by atoms with Gasteiger partial charge in [0, 0.05) is 11.0 Å². The Bertz CT molecular complexity index is 436. The molecule has 1 aromatic carbocycles. The summed E-state index contributed by atoms with van der Waals surface area (Å²) in [4.78, 5) is 13.7. The second-order valence-corrected chi connectivity index (χ2v) is 5.28. The van der Waals surface area contributed by atoms with Crippen LogP contribution in [0.4, 0.5) is 11.4 Å². The number of nitrogens with zero attached hydrogens (tertiary/aromatic N) is 1. The Labute approximate surface area is 109 Å². The number of anilines is 2. The Hall–Kier alpha value is -1.07. The maximum atomic E-state index is 11.9. The van der Waals surface area contributed by atoms with Crippen LogP contribution in [0, 0.1) is 5.92 Å². The molecule has 4 nitrogen and oxygen atoms in total. The van der Waals surface area contributed by atoms with E-state index in [1.54, 1.807) is 0 Å². The van der Waals surface area contributed by atoms with E-state index < -0.39 is 0 Å². The molecule has 0 aromatic heterocycles. The van der Waals surface area contributed by atoms with Crippen LogP contribution in [0.15, 0.2) is 22.7 Å². The lowest BCUT2D eigenvalue weighted by molar-refractivity contribution is -0.117. The minimum atomic E-state index is 0.0934. The minimum Gasteiger partial charge on any atom is -0.374 e. The van der Waals surface area contributed by atoms with Crippen LogP contribution >= 0.6 is 15.9 Å². The molecule has 2 rings (SSSR count). The van der Waals surface area contributed by atoms with Gasteiger partial charge in [0.05, 0.1) is 17.9 Å². The third kappa shape index (κ3) is 2.61. The van der Waals surface area contributed by atoms with E-state index in [1.165, 1.54) is 0 Å². The van der Waals surface area contributed by atoms with Crippen LogP contribution in [0.25, 0.3) is 0 Å². The molecule has 1 aliphatic heterocycles. The van der Waals surface area contributed by atoms with Crippen molar-refractivity contribution in [2.24, 2.45) is 11.7 Å². The first-order valence-corrected chi connectivity index (χ1v) is 6.45. The summed E-state index contributed by atoms with van der Waals surface area (Å²) < 4.78 is 0.971. The third-order valence-electron chi connectivity index (χ3n) is 2.88. The molecule has 0 bridgehead atoms. The lowest BCUT2D eigenvalue weighted by Gasteiger charge is -2.32. The fraction of sp³-hybridized carbons (Fsp3) is 0.417. The second kappa shape index (κ2) is 5.06. The SMILES string of the molecule is CC(CN)CN1C(=O)CNc2ccc(Br)cc21. The van der Waals surface area contributed by atoms with Crippen molar-refractivity contribution in [1.29, 1.82) is 0 Å². The number of fused-ring (bicyclic) bond motifs is 1. The molecular weight excluding hydrogens is 282 g/mol. The predicted octanol–water partition coefficient (Wildman–Crippen LogP) is 1.80. The Morgan fingerprint density at radius 3 is 3.06 bits per heavy atom. The highest BCUT2D eigenvalue weighted by Crippen LogP contribution is 2.32. The topological polar surface area (TPSA) is 58.4 Å². The van der Waals surface area contributed by atoms with Crippen LogP contribution in [0.5, 0.6) is 0 Å². The van der Waals surface area contributed by atoms with E-state index >= 15 is 0 Å². The maximum absolute atomic E-state index is 11.9. The van der Waals surface area contributed by atoms with Gasteiger partial charge < -0.3 is 16.0 Å². The molecule has 1 aliphatic rings. The fourth-order valence-corrected chi connectivity index (χ4v) is 2.21. The number of carbonyl (C=O) groups excluding carboxylic acids is 1. The molecule has 0 radical (unpaired) electrons. The van der Waals surface area contributed by atoms with Gasteiger partial charge in [0.25, 0.3) is 0 Å². The molecule has 3 N–H and O–H groups in total. The van der Waals surface area contributed by atoms with Gasteiger partial charge in [-0.05, 0) is 30.7 Å². The summed E-state index contributed by atoms with van der Waals surface area (Å²) in [6, 6.07) is 5.90. The fourth-order valence-electron chi connectivity index (χ4n) is 1.86. The predicted molar refractivity (Wildman–Crippen MR) is 73.2 cm³/mol. The van der Waals surface area contributed by atoms with E-state index in [1.807, 2.05) is 30.0 Å². The molecule has 1 unspecified atom stereocenters. The molecule has 1 heterocycles. The van der Waals surface area contributed by atoms with Gasteiger partial charge in [-0.1, -0.05) is 22.9 Å². The second-order valence-electron chi connectivity index (χ2n) is 4.36. The Morgan fingerprint density at radius 2 is 2.35 bits per heavy atom. The van der Waals surface area contributed by atoms with Gasteiger partial charge in [-0.25, -0.2) is 0 Å².